The van der Waals surface area contributed by atoms with Gasteiger partial charge in [0.15, 0.2) is 0 Å². The first kappa shape index (κ1) is 13.3. The van der Waals surface area contributed by atoms with E-state index in [1.54, 1.807) is 0 Å². The molecule has 1 saturated heterocycles. The van der Waals surface area contributed by atoms with E-state index < -0.39 is 5.60 Å². The summed E-state index contributed by atoms with van der Waals surface area (Å²) >= 11 is 5.71. The van der Waals surface area contributed by atoms with E-state index in [9.17, 15) is 5.11 Å². The van der Waals surface area contributed by atoms with Crippen LogP contribution < -0.4 is 0 Å². The van der Waals surface area contributed by atoms with Gasteiger partial charge in [-0.05, 0) is 45.1 Å². The fourth-order valence-electron chi connectivity index (χ4n) is 1.99. The van der Waals surface area contributed by atoms with Gasteiger partial charge in [-0.25, -0.2) is 0 Å². The third-order valence-corrected chi connectivity index (χ3v) is 3.69. The monoisotopic (exact) mass is 233 g/mol. The van der Waals surface area contributed by atoms with Crippen molar-refractivity contribution in [3.05, 3.63) is 0 Å². The van der Waals surface area contributed by atoms with Crippen molar-refractivity contribution >= 4 is 11.6 Å². The van der Waals surface area contributed by atoms with E-state index in [0.717, 1.165) is 50.7 Å². The smallest absolute Gasteiger partial charge is 0.0644 e. The second kappa shape index (κ2) is 6.07. The topological polar surface area (TPSA) is 23.5 Å². The van der Waals surface area contributed by atoms with E-state index in [1.807, 2.05) is 6.92 Å². The van der Waals surface area contributed by atoms with E-state index in [1.165, 1.54) is 6.42 Å². The fourth-order valence-corrected chi connectivity index (χ4v) is 2.36. The van der Waals surface area contributed by atoms with Crippen molar-refractivity contribution in [2.24, 2.45) is 5.92 Å². The SMILES string of the molecule is CC(CCCl)CCN1CCC(C)(O)CC1. The first-order valence-electron chi connectivity index (χ1n) is 6.04. The van der Waals surface area contributed by atoms with Gasteiger partial charge >= 0.3 is 0 Å². The standard InChI is InChI=1S/C12H24ClNO/c1-11(3-7-13)4-8-14-9-5-12(2,15)6-10-14/h11,15H,3-10H2,1-2H3. The van der Waals surface area contributed by atoms with Crippen molar-refractivity contribution in [2.45, 2.75) is 45.1 Å². The van der Waals surface area contributed by atoms with Crippen LogP contribution in [0.15, 0.2) is 0 Å². The summed E-state index contributed by atoms with van der Waals surface area (Å²) in [5.74, 6) is 1.50. The number of alkyl halides is 1. The van der Waals surface area contributed by atoms with Gasteiger partial charge in [0, 0.05) is 19.0 Å². The lowest BCUT2D eigenvalue weighted by molar-refractivity contribution is -0.00619. The number of rotatable bonds is 5. The van der Waals surface area contributed by atoms with Crippen molar-refractivity contribution in [3.63, 3.8) is 0 Å². The van der Waals surface area contributed by atoms with Crippen LogP contribution in [0.3, 0.4) is 0 Å². The van der Waals surface area contributed by atoms with Gasteiger partial charge in [-0.1, -0.05) is 6.92 Å². The second-order valence-corrected chi connectivity index (χ2v) is 5.59. The van der Waals surface area contributed by atoms with Crippen LogP contribution in [-0.2, 0) is 0 Å². The third-order valence-electron chi connectivity index (χ3n) is 3.47. The zero-order valence-electron chi connectivity index (χ0n) is 10.0. The molecule has 0 aliphatic carbocycles. The molecule has 0 radical (unpaired) electrons. The lowest BCUT2D eigenvalue weighted by Crippen LogP contribution is -2.42. The molecule has 3 heteroatoms. The first-order chi connectivity index (χ1) is 7.03. The van der Waals surface area contributed by atoms with Gasteiger partial charge in [-0.3, -0.25) is 0 Å². The molecule has 1 aliphatic rings. The normalized spacial score (nSPS) is 24.0. The molecule has 2 nitrogen and oxygen atoms in total. The van der Waals surface area contributed by atoms with Crippen molar-refractivity contribution in [1.29, 1.82) is 0 Å². The summed E-state index contributed by atoms with van der Waals surface area (Å²) in [6.07, 6.45) is 4.18. The highest BCUT2D eigenvalue weighted by molar-refractivity contribution is 6.17. The number of likely N-dealkylation sites (tertiary alicyclic amines) is 1. The van der Waals surface area contributed by atoms with Gasteiger partial charge in [0.2, 0.25) is 0 Å². The van der Waals surface area contributed by atoms with Gasteiger partial charge in [-0.15, -0.1) is 11.6 Å². The van der Waals surface area contributed by atoms with Gasteiger partial charge < -0.3 is 10.0 Å². The van der Waals surface area contributed by atoms with Crippen molar-refractivity contribution in [3.8, 4) is 0 Å². The highest BCUT2D eigenvalue weighted by atomic mass is 35.5. The zero-order valence-corrected chi connectivity index (χ0v) is 10.8. The summed E-state index contributed by atoms with van der Waals surface area (Å²) in [6, 6.07) is 0. The largest absolute Gasteiger partial charge is 0.390 e. The highest BCUT2D eigenvalue weighted by Gasteiger charge is 2.26. The zero-order chi connectivity index (χ0) is 11.3. The molecule has 1 heterocycles. The Morgan fingerprint density at radius 3 is 2.47 bits per heavy atom. The van der Waals surface area contributed by atoms with E-state index in [2.05, 4.69) is 11.8 Å². The van der Waals surface area contributed by atoms with Crippen LogP contribution in [0.25, 0.3) is 0 Å². The molecule has 1 atom stereocenters. The highest BCUT2D eigenvalue weighted by Crippen LogP contribution is 2.21. The Bertz CT molecular complexity index is 174. The maximum absolute atomic E-state index is 9.81. The van der Waals surface area contributed by atoms with Gasteiger partial charge in [-0.2, -0.15) is 0 Å². The molecule has 0 amide bonds. The predicted molar refractivity (Wildman–Crippen MR) is 65.4 cm³/mol. The lowest BCUT2D eigenvalue weighted by atomic mass is 9.93. The number of aliphatic hydroxyl groups is 1. The number of nitrogens with zero attached hydrogens (tertiary/aromatic N) is 1. The first-order valence-corrected chi connectivity index (χ1v) is 6.58. The van der Waals surface area contributed by atoms with Gasteiger partial charge in [0.05, 0.1) is 5.60 Å². The predicted octanol–water partition coefficient (Wildman–Crippen LogP) is 2.49. The molecule has 90 valence electrons. The van der Waals surface area contributed by atoms with Crippen molar-refractivity contribution < 1.29 is 5.11 Å². The summed E-state index contributed by atoms with van der Waals surface area (Å²) < 4.78 is 0. The second-order valence-electron chi connectivity index (χ2n) is 5.21. The molecule has 15 heavy (non-hydrogen) atoms. The van der Waals surface area contributed by atoms with Crippen molar-refractivity contribution in [2.75, 3.05) is 25.5 Å². The average molecular weight is 234 g/mol. The van der Waals surface area contributed by atoms with E-state index in [0.29, 0.717) is 0 Å². The van der Waals surface area contributed by atoms with E-state index in [-0.39, 0.29) is 0 Å². The minimum absolute atomic E-state index is 0.418. The Labute approximate surface area is 98.6 Å². The fraction of sp³-hybridized carbons (Fsp3) is 1.00. The maximum atomic E-state index is 9.81. The molecule has 0 saturated carbocycles. The van der Waals surface area contributed by atoms with Crippen LogP contribution in [0.2, 0.25) is 0 Å². The molecule has 1 aliphatic heterocycles. The Balaban J connectivity index is 2.13. The number of hydrogen-bond acceptors (Lipinski definition) is 2. The van der Waals surface area contributed by atoms with Crippen molar-refractivity contribution in [1.82, 2.24) is 4.90 Å². The van der Waals surface area contributed by atoms with Crippen LogP contribution in [0.4, 0.5) is 0 Å². The number of halogens is 1. The molecule has 0 bridgehead atoms. The summed E-state index contributed by atoms with van der Waals surface area (Å²) in [6.45, 7) is 7.46. The van der Waals surface area contributed by atoms with Crippen LogP contribution in [0, 0.1) is 5.92 Å². The van der Waals surface area contributed by atoms with E-state index >= 15 is 0 Å². The minimum Gasteiger partial charge on any atom is -0.390 e. The molecule has 1 rings (SSSR count). The summed E-state index contributed by atoms with van der Waals surface area (Å²) in [5.41, 5.74) is -0.418. The number of piperidine rings is 1. The molecule has 0 aromatic heterocycles. The van der Waals surface area contributed by atoms with Gasteiger partial charge in [0.25, 0.3) is 0 Å². The average Bonchev–Trinajstić information content (AvgIpc) is 2.17. The van der Waals surface area contributed by atoms with Crippen LogP contribution in [-0.4, -0.2) is 41.1 Å². The Morgan fingerprint density at radius 2 is 1.93 bits per heavy atom. The van der Waals surface area contributed by atoms with Crippen LogP contribution in [0.1, 0.15) is 39.5 Å². The molecule has 0 aromatic carbocycles. The molecular formula is C12H24ClNO. The molecule has 1 fully saturated rings. The molecule has 1 N–H and O–H groups in total. The van der Waals surface area contributed by atoms with E-state index in [4.69, 9.17) is 11.6 Å². The van der Waals surface area contributed by atoms with Crippen LogP contribution >= 0.6 is 11.6 Å². The Hall–Kier alpha value is 0.210. The molecule has 1 unspecified atom stereocenters. The third kappa shape index (κ3) is 5.19. The van der Waals surface area contributed by atoms with Gasteiger partial charge in [0.1, 0.15) is 0 Å². The maximum Gasteiger partial charge on any atom is 0.0644 e. The quantitative estimate of drug-likeness (QED) is 0.738. The Morgan fingerprint density at radius 1 is 1.33 bits per heavy atom. The summed E-state index contributed by atoms with van der Waals surface area (Å²) in [4.78, 5) is 2.46. The van der Waals surface area contributed by atoms with Crippen LogP contribution in [0.5, 0.6) is 0 Å². The minimum atomic E-state index is -0.418. The molecular weight excluding hydrogens is 210 g/mol. The number of hydrogen-bond donors (Lipinski definition) is 1. The molecule has 0 aromatic rings. The summed E-state index contributed by atoms with van der Waals surface area (Å²) in [5, 5.41) is 9.81. The lowest BCUT2D eigenvalue weighted by Gasteiger charge is -2.36. The molecule has 0 spiro atoms. The Kier molecular flexibility index (Phi) is 5.37. The summed E-state index contributed by atoms with van der Waals surface area (Å²) in [7, 11) is 0.